The molecule has 0 saturated carbocycles. The largest absolute Gasteiger partial charge is 0.493 e. The summed E-state index contributed by atoms with van der Waals surface area (Å²) < 4.78 is 14.9. The van der Waals surface area contributed by atoms with Crippen molar-refractivity contribution in [3.05, 3.63) is 29.8 Å². The molecule has 1 rings (SSSR count). The minimum Gasteiger partial charge on any atom is -0.493 e. The van der Waals surface area contributed by atoms with Crippen LogP contribution in [0.25, 0.3) is 6.08 Å². The summed E-state index contributed by atoms with van der Waals surface area (Å²) >= 11 is 0. The minimum atomic E-state index is -0.422. The van der Waals surface area contributed by atoms with Crippen molar-refractivity contribution in [1.29, 1.82) is 0 Å². The molecule has 0 radical (unpaired) electrons. The van der Waals surface area contributed by atoms with Crippen LogP contribution in [0.4, 0.5) is 0 Å². The fourth-order valence-electron chi connectivity index (χ4n) is 1.29. The van der Waals surface area contributed by atoms with E-state index in [1.54, 1.807) is 24.3 Å². The number of ether oxygens (including phenoxy) is 3. The van der Waals surface area contributed by atoms with Gasteiger partial charge in [-0.1, -0.05) is 6.07 Å². The van der Waals surface area contributed by atoms with E-state index in [0.29, 0.717) is 11.5 Å². The van der Waals surface area contributed by atoms with E-state index in [1.165, 1.54) is 20.3 Å². The van der Waals surface area contributed by atoms with E-state index in [4.69, 9.17) is 14.6 Å². The molecular weight excluding hydrogens is 236 g/mol. The highest BCUT2D eigenvalue weighted by atomic mass is 16.5. The Morgan fingerprint density at radius 2 is 2.11 bits per heavy atom. The fourth-order valence-corrected chi connectivity index (χ4v) is 1.29. The number of rotatable bonds is 6. The highest BCUT2D eigenvalue weighted by Crippen LogP contribution is 2.28. The minimum absolute atomic E-state index is 0.0624. The summed E-state index contributed by atoms with van der Waals surface area (Å²) in [6, 6.07) is 5.21. The molecule has 1 aromatic carbocycles. The predicted molar refractivity (Wildman–Crippen MR) is 66.6 cm³/mol. The number of aliphatic hydroxyl groups excluding tert-OH is 1. The first-order chi connectivity index (χ1) is 8.71. The molecule has 0 aromatic heterocycles. The average Bonchev–Trinajstić information content (AvgIpc) is 2.42. The second kappa shape index (κ2) is 7.34. The van der Waals surface area contributed by atoms with Crippen LogP contribution >= 0.6 is 0 Å². The maximum atomic E-state index is 11.0. The normalized spacial score (nSPS) is 10.4. The Morgan fingerprint density at radius 3 is 2.72 bits per heavy atom. The van der Waals surface area contributed by atoms with Crippen molar-refractivity contribution < 1.29 is 24.1 Å². The van der Waals surface area contributed by atoms with Gasteiger partial charge in [0.15, 0.2) is 11.5 Å². The van der Waals surface area contributed by atoms with E-state index >= 15 is 0 Å². The lowest BCUT2D eigenvalue weighted by Gasteiger charge is -2.10. The monoisotopic (exact) mass is 252 g/mol. The molecule has 0 aliphatic heterocycles. The third-order valence-electron chi connectivity index (χ3n) is 2.15. The van der Waals surface area contributed by atoms with Gasteiger partial charge in [-0.3, -0.25) is 0 Å². The molecule has 5 nitrogen and oxygen atoms in total. The number of carbonyl (C=O) groups is 1. The summed E-state index contributed by atoms with van der Waals surface area (Å²) in [7, 11) is 2.84. The molecular formula is C13H16O5. The van der Waals surface area contributed by atoms with Gasteiger partial charge in [0.25, 0.3) is 0 Å². The van der Waals surface area contributed by atoms with E-state index in [2.05, 4.69) is 4.74 Å². The van der Waals surface area contributed by atoms with Crippen LogP contribution in [0.3, 0.4) is 0 Å². The Balaban J connectivity index is 2.84. The SMILES string of the molecule is COC(=O)/C=C/c1ccc(OCCO)c(OC)c1. The summed E-state index contributed by atoms with van der Waals surface area (Å²) in [6.07, 6.45) is 2.94. The summed E-state index contributed by atoms with van der Waals surface area (Å²) in [6.45, 7) is 0.140. The lowest BCUT2D eigenvalue weighted by molar-refractivity contribution is -0.134. The molecule has 0 heterocycles. The van der Waals surface area contributed by atoms with Crippen molar-refractivity contribution in [3.8, 4) is 11.5 Å². The summed E-state index contributed by atoms with van der Waals surface area (Å²) in [5.74, 6) is 0.659. The summed E-state index contributed by atoms with van der Waals surface area (Å²) in [4.78, 5) is 11.0. The van der Waals surface area contributed by atoms with Crippen molar-refractivity contribution in [3.63, 3.8) is 0 Å². The standard InChI is InChI=1S/C13H16O5/c1-16-12-9-10(4-6-13(15)17-2)3-5-11(12)18-8-7-14/h3-6,9,14H,7-8H2,1-2H3/b6-4+. The molecule has 0 spiro atoms. The first-order valence-corrected chi connectivity index (χ1v) is 5.39. The Bertz CT molecular complexity index is 425. The number of carbonyl (C=O) groups excluding carboxylic acids is 1. The maximum Gasteiger partial charge on any atom is 0.330 e. The molecule has 0 aliphatic carbocycles. The molecule has 98 valence electrons. The van der Waals surface area contributed by atoms with Crippen molar-refractivity contribution in [2.24, 2.45) is 0 Å². The Hall–Kier alpha value is -2.01. The van der Waals surface area contributed by atoms with Gasteiger partial charge in [-0.25, -0.2) is 4.79 Å². The second-order valence-corrected chi connectivity index (χ2v) is 3.34. The van der Waals surface area contributed by atoms with Crippen LogP contribution in [-0.2, 0) is 9.53 Å². The number of hydrogen-bond donors (Lipinski definition) is 1. The van der Waals surface area contributed by atoms with E-state index in [0.717, 1.165) is 5.56 Å². The van der Waals surface area contributed by atoms with Gasteiger partial charge in [0.2, 0.25) is 0 Å². The van der Waals surface area contributed by atoms with E-state index in [-0.39, 0.29) is 13.2 Å². The molecule has 1 aromatic rings. The molecule has 1 N–H and O–H groups in total. The molecule has 18 heavy (non-hydrogen) atoms. The highest BCUT2D eigenvalue weighted by molar-refractivity contribution is 5.87. The van der Waals surface area contributed by atoms with Crippen molar-refractivity contribution in [1.82, 2.24) is 0 Å². The van der Waals surface area contributed by atoms with E-state index in [9.17, 15) is 4.79 Å². The lowest BCUT2D eigenvalue weighted by Crippen LogP contribution is -2.03. The number of hydrogen-bond acceptors (Lipinski definition) is 5. The topological polar surface area (TPSA) is 65.0 Å². The van der Waals surface area contributed by atoms with Crippen molar-refractivity contribution in [2.45, 2.75) is 0 Å². The van der Waals surface area contributed by atoms with Crippen molar-refractivity contribution >= 4 is 12.0 Å². The highest BCUT2D eigenvalue weighted by Gasteiger charge is 2.04. The van der Waals surface area contributed by atoms with Crippen LogP contribution in [0.1, 0.15) is 5.56 Å². The van der Waals surface area contributed by atoms with Gasteiger partial charge in [0.1, 0.15) is 6.61 Å². The fraction of sp³-hybridized carbons (Fsp3) is 0.308. The first kappa shape index (κ1) is 14.1. The van der Waals surface area contributed by atoms with Gasteiger partial charge in [-0.05, 0) is 23.8 Å². The molecule has 5 heteroatoms. The molecule has 0 saturated heterocycles. The molecule has 0 amide bonds. The first-order valence-electron chi connectivity index (χ1n) is 5.39. The van der Waals surface area contributed by atoms with Crippen molar-refractivity contribution in [2.75, 3.05) is 27.4 Å². The third kappa shape index (κ3) is 4.10. The molecule has 0 unspecified atom stereocenters. The van der Waals surface area contributed by atoms with Gasteiger partial charge in [0.05, 0.1) is 20.8 Å². The Morgan fingerprint density at radius 1 is 1.33 bits per heavy atom. The number of esters is 1. The van der Waals surface area contributed by atoms with Gasteiger partial charge < -0.3 is 19.3 Å². The molecule has 0 atom stereocenters. The number of benzene rings is 1. The smallest absolute Gasteiger partial charge is 0.330 e. The maximum absolute atomic E-state index is 11.0. The zero-order valence-corrected chi connectivity index (χ0v) is 10.4. The second-order valence-electron chi connectivity index (χ2n) is 3.34. The van der Waals surface area contributed by atoms with Crippen LogP contribution in [0.5, 0.6) is 11.5 Å². The number of aliphatic hydroxyl groups is 1. The zero-order chi connectivity index (χ0) is 13.4. The quantitative estimate of drug-likeness (QED) is 0.609. The molecule has 0 bridgehead atoms. The van der Waals surface area contributed by atoms with Gasteiger partial charge in [0, 0.05) is 6.08 Å². The zero-order valence-electron chi connectivity index (χ0n) is 10.4. The Labute approximate surface area is 106 Å². The number of methoxy groups -OCH3 is 2. The average molecular weight is 252 g/mol. The van der Waals surface area contributed by atoms with Gasteiger partial charge in [-0.15, -0.1) is 0 Å². The van der Waals surface area contributed by atoms with Crippen LogP contribution in [0.2, 0.25) is 0 Å². The van der Waals surface area contributed by atoms with Crippen LogP contribution < -0.4 is 9.47 Å². The third-order valence-corrected chi connectivity index (χ3v) is 2.15. The van der Waals surface area contributed by atoms with Gasteiger partial charge >= 0.3 is 5.97 Å². The van der Waals surface area contributed by atoms with Crippen LogP contribution in [-0.4, -0.2) is 38.5 Å². The van der Waals surface area contributed by atoms with E-state index in [1.807, 2.05) is 0 Å². The molecule has 0 aliphatic rings. The van der Waals surface area contributed by atoms with Crippen LogP contribution in [0, 0.1) is 0 Å². The van der Waals surface area contributed by atoms with Crippen LogP contribution in [0.15, 0.2) is 24.3 Å². The predicted octanol–water partition coefficient (Wildman–Crippen LogP) is 1.25. The Kier molecular flexibility index (Phi) is 5.73. The van der Waals surface area contributed by atoms with Gasteiger partial charge in [-0.2, -0.15) is 0 Å². The summed E-state index contributed by atoms with van der Waals surface area (Å²) in [5, 5.41) is 8.69. The molecule has 0 fully saturated rings. The van der Waals surface area contributed by atoms with E-state index < -0.39 is 5.97 Å². The summed E-state index contributed by atoms with van der Waals surface area (Å²) in [5.41, 5.74) is 0.786. The lowest BCUT2D eigenvalue weighted by atomic mass is 10.2.